The van der Waals surface area contributed by atoms with E-state index in [1.165, 1.54) is 11.3 Å². The van der Waals surface area contributed by atoms with Crippen LogP contribution in [0.25, 0.3) is 21.5 Å². The predicted octanol–water partition coefficient (Wildman–Crippen LogP) is 2.73. The predicted molar refractivity (Wildman–Crippen MR) is 109 cm³/mol. The van der Waals surface area contributed by atoms with Crippen LogP contribution in [0.4, 0.5) is 11.5 Å². The van der Waals surface area contributed by atoms with E-state index in [4.69, 9.17) is 11.6 Å². The summed E-state index contributed by atoms with van der Waals surface area (Å²) >= 11 is 1.53. The lowest BCUT2D eigenvalue weighted by Gasteiger charge is -2.13. The standard InChI is InChI=1S/C20H19N5OS/c21-16-5-7-18(19-8-4-15(12-26)27-19)24-20(16)25(22)11-13-3-6-17-14(10-13)2-1-9-23-17/h1-10,26H,11-12,21-22H2/p+1. The molecule has 6 N–H and O–H groups in total. The number of H-pyrrole nitrogens is 1. The van der Waals surface area contributed by atoms with Gasteiger partial charge < -0.3 is 10.8 Å². The Morgan fingerprint density at radius 2 is 2.00 bits per heavy atom. The van der Waals surface area contributed by atoms with Gasteiger partial charge in [0.2, 0.25) is 0 Å². The van der Waals surface area contributed by atoms with Crippen molar-refractivity contribution in [1.82, 2.24) is 4.98 Å². The van der Waals surface area contributed by atoms with Crippen LogP contribution in [-0.4, -0.2) is 10.1 Å². The summed E-state index contributed by atoms with van der Waals surface area (Å²) in [5, 5.41) is 12.0. The molecular formula is C20H20N5OS+. The van der Waals surface area contributed by atoms with Crippen molar-refractivity contribution < 1.29 is 10.1 Å². The lowest BCUT2D eigenvalue weighted by molar-refractivity contribution is -0.349. The van der Waals surface area contributed by atoms with Gasteiger partial charge in [0.05, 0.1) is 17.0 Å². The van der Waals surface area contributed by atoms with Crippen molar-refractivity contribution in [3.05, 3.63) is 71.2 Å². The minimum absolute atomic E-state index is 0.0341. The number of anilines is 2. The highest BCUT2D eigenvalue weighted by Crippen LogP contribution is 2.28. The molecule has 3 aromatic heterocycles. The molecule has 7 heteroatoms. The van der Waals surface area contributed by atoms with Gasteiger partial charge in [-0.2, -0.15) is 10.9 Å². The number of pyridine rings is 2. The van der Waals surface area contributed by atoms with Crippen LogP contribution < -0.4 is 21.6 Å². The van der Waals surface area contributed by atoms with Crippen molar-refractivity contribution in [3.63, 3.8) is 0 Å². The Labute approximate surface area is 160 Å². The van der Waals surface area contributed by atoms with Crippen LogP contribution in [0.3, 0.4) is 0 Å². The molecule has 0 bridgehead atoms. The summed E-state index contributed by atoms with van der Waals surface area (Å²) in [5.41, 5.74) is 9.64. The van der Waals surface area contributed by atoms with Gasteiger partial charge in [0, 0.05) is 16.5 Å². The van der Waals surface area contributed by atoms with E-state index in [-0.39, 0.29) is 6.61 Å². The fourth-order valence-corrected chi connectivity index (χ4v) is 3.83. The molecule has 0 spiro atoms. The van der Waals surface area contributed by atoms with Crippen LogP contribution in [-0.2, 0) is 13.2 Å². The van der Waals surface area contributed by atoms with Crippen molar-refractivity contribution in [3.8, 4) is 10.6 Å². The average Bonchev–Trinajstić information content (AvgIpc) is 3.17. The second-order valence-electron chi connectivity index (χ2n) is 6.26. The third kappa shape index (κ3) is 3.61. The van der Waals surface area contributed by atoms with Crippen LogP contribution in [0.5, 0.6) is 0 Å². The number of nitrogen functional groups attached to an aromatic ring is 1. The van der Waals surface area contributed by atoms with Crippen LogP contribution >= 0.6 is 11.3 Å². The van der Waals surface area contributed by atoms with E-state index >= 15 is 0 Å². The lowest BCUT2D eigenvalue weighted by atomic mass is 10.1. The number of nitrogens with one attached hydrogen (secondary N) is 1. The van der Waals surface area contributed by atoms with Gasteiger partial charge in [-0.15, -0.1) is 11.3 Å². The topological polar surface area (TPSA) is 103 Å². The number of hydrazine groups is 1. The zero-order valence-electron chi connectivity index (χ0n) is 14.6. The first kappa shape index (κ1) is 17.4. The number of aromatic nitrogens is 2. The van der Waals surface area contributed by atoms with E-state index in [0.717, 1.165) is 31.9 Å². The monoisotopic (exact) mass is 378 g/mol. The van der Waals surface area contributed by atoms with Crippen LogP contribution in [0.1, 0.15) is 10.4 Å². The molecule has 3 heterocycles. The van der Waals surface area contributed by atoms with Gasteiger partial charge in [-0.3, -0.25) is 4.98 Å². The maximum Gasteiger partial charge on any atom is 0.316 e. The Hall–Kier alpha value is -3.00. The summed E-state index contributed by atoms with van der Waals surface area (Å²) in [6.45, 7) is 0.535. The van der Waals surface area contributed by atoms with E-state index in [2.05, 4.69) is 16.0 Å². The first-order valence-electron chi connectivity index (χ1n) is 8.51. The molecule has 0 saturated heterocycles. The van der Waals surface area contributed by atoms with E-state index in [0.29, 0.717) is 18.1 Å². The molecule has 4 aromatic rings. The fraction of sp³-hybridized carbons (Fsp3) is 0.100. The molecule has 27 heavy (non-hydrogen) atoms. The van der Waals surface area contributed by atoms with Crippen LogP contribution in [0.2, 0.25) is 0 Å². The smallest absolute Gasteiger partial charge is 0.316 e. The fourth-order valence-electron chi connectivity index (χ4n) is 2.98. The summed E-state index contributed by atoms with van der Waals surface area (Å²) in [6, 6.07) is 17.7. The number of hydrogen-bond acceptors (Lipinski definition) is 6. The number of fused-ring (bicyclic) bond motifs is 1. The number of hydrogen-bond donors (Lipinski definition) is 3. The Kier molecular flexibility index (Phi) is 4.72. The average molecular weight is 378 g/mol. The van der Waals surface area contributed by atoms with E-state index in [1.54, 1.807) is 11.2 Å². The molecule has 0 radical (unpaired) electrons. The number of aliphatic hydroxyl groups is 1. The highest BCUT2D eigenvalue weighted by Gasteiger charge is 2.19. The first-order chi connectivity index (χ1) is 13.1. The van der Waals surface area contributed by atoms with Gasteiger partial charge in [-0.05, 0) is 48.0 Å². The number of thiophene rings is 1. The normalized spacial score (nSPS) is 11.0. The lowest BCUT2D eigenvalue weighted by Crippen LogP contribution is -2.36. The summed E-state index contributed by atoms with van der Waals surface area (Å²) in [6.07, 6.45) is 1.78. The molecule has 0 atom stereocenters. The molecule has 6 nitrogen and oxygen atoms in total. The number of rotatable bonds is 5. The van der Waals surface area contributed by atoms with Crippen LogP contribution in [0.15, 0.2) is 60.8 Å². The maximum absolute atomic E-state index is 9.27. The van der Waals surface area contributed by atoms with Gasteiger partial charge >= 0.3 is 5.82 Å². The number of nitrogens with two attached hydrogens (primary N) is 2. The summed E-state index contributed by atoms with van der Waals surface area (Å²) in [5.74, 6) is 6.97. The first-order valence-corrected chi connectivity index (χ1v) is 9.33. The summed E-state index contributed by atoms with van der Waals surface area (Å²) < 4.78 is 0. The van der Waals surface area contributed by atoms with Crippen molar-refractivity contribution in [2.45, 2.75) is 13.2 Å². The third-order valence-corrected chi connectivity index (χ3v) is 5.45. The van der Waals surface area contributed by atoms with Gasteiger partial charge in [0.1, 0.15) is 17.9 Å². The number of aromatic amines is 1. The molecule has 0 saturated carbocycles. The van der Waals surface area contributed by atoms with Gasteiger partial charge in [-0.25, -0.2) is 4.98 Å². The second kappa shape index (κ2) is 7.32. The minimum atomic E-state index is 0.0341. The maximum atomic E-state index is 9.27. The molecule has 4 rings (SSSR count). The number of nitrogens with zero attached hydrogens (tertiary/aromatic N) is 2. The van der Waals surface area contributed by atoms with E-state index < -0.39 is 0 Å². The zero-order chi connectivity index (χ0) is 18.8. The number of aliphatic hydroxyl groups excluding tert-OH is 1. The molecule has 0 aliphatic rings. The summed E-state index contributed by atoms with van der Waals surface area (Å²) in [4.78, 5) is 9.58. The minimum Gasteiger partial charge on any atom is -0.392 e. The molecule has 0 aliphatic heterocycles. The molecular weight excluding hydrogens is 358 g/mol. The van der Waals surface area contributed by atoms with Gasteiger partial charge in [-0.1, -0.05) is 12.1 Å². The quantitative estimate of drug-likeness (QED) is 0.366. The van der Waals surface area contributed by atoms with Crippen molar-refractivity contribution >= 4 is 33.7 Å². The highest BCUT2D eigenvalue weighted by molar-refractivity contribution is 7.15. The molecule has 0 unspecified atom stereocenters. The highest BCUT2D eigenvalue weighted by atomic mass is 32.1. The van der Waals surface area contributed by atoms with Crippen molar-refractivity contribution in [1.29, 1.82) is 0 Å². The Bertz CT molecular complexity index is 1090. The molecule has 1 aromatic carbocycles. The van der Waals surface area contributed by atoms with Gasteiger partial charge in [0.25, 0.3) is 0 Å². The number of benzene rings is 1. The second-order valence-corrected chi connectivity index (χ2v) is 7.43. The SMILES string of the molecule is Nc1ccc(-c2ccc(CO)s2)[nH+]c1N(N)Cc1ccc2ncccc2c1. The van der Waals surface area contributed by atoms with Crippen molar-refractivity contribution in [2.24, 2.45) is 5.84 Å². The third-order valence-electron chi connectivity index (χ3n) is 4.35. The largest absolute Gasteiger partial charge is 0.392 e. The Morgan fingerprint density at radius 3 is 2.81 bits per heavy atom. The van der Waals surface area contributed by atoms with E-state index in [1.807, 2.05) is 48.5 Å². The van der Waals surface area contributed by atoms with E-state index in [9.17, 15) is 5.11 Å². The Morgan fingerprint density at radius 1 is 1.11 bits per heavy atom. The molecule has 0 amide bonds. The molecule has 0 aliphatic carbocycles. The molecule has 136 valence electrons. The van der Waals surface area contributed by atoms with Crippen molar-refractivity contribution in [2.75, 3.05) is 10.7 Å². The molecule has 0 fully saturated rings. The zero-order valence-corrected chi connectivity index (χ0v) is 15.4. The van der Waals surface area contributed by atoms with Gasteiger partial charge in [0.15, 0.2) is 0 Å². The van der Waals surface area contributed by atoms with Crippen LogP contribution in [0, 0.1) is 0 Å². The Balaban J connectivity index is 1.62. The summed E-state index contributed by atoms with van der Waals surface area (Å²) in [7, 11) is 0.